The number of halogens is 1. The van der Waals surface area contributed by atoms with Crippen molar-refractivity contribution in [3.8, 4) is 0 Å². The fourth-order valence-corrected chi connectivity index (χ4v) is 5.16. The molecular formula is C20H22FN5OS2. The summed E-state index contributed by atoms with van der Waals surface area (Å²) in [5, 5.41) is 17.8. The Morgan fingerprint density at radius 3 is 2.76 bits per heavy atom. The van der Waals surface area contributed by atoms with Gasteiger partial charge in [-0.3, -0.25) is 4.79 Å². The molecule has 1 atom stereocenters. The zero-order chi connectivity index (χ0) is 20.1. The number of nitrogens with zero attached hydrogens (tertiary/aromatic N) is 4. The summed E-state index contributed by atoms with van der Waals surface area (Å²) < 4.78 is 15.2. The molecule has 3 aromatic rings. The van der Waals surface area contributed by atoms with Crippen LogP contribution >= 0.6 is 23.1 Å². The summed E-state index contributed by atoms with van der Waals surface area (Å²) >= 11 is 2.91. The van der Waals surface area contributed by atoms with E-state index in [9.17, 15) is 9.18 Å². The van der Waals surface area contributed by atoms with Gasteiger partial charge in [0.15, 0.2) is 0 Å². The highest BCUT2D eigenvalue weighted by Gasteiger charge is 2.22. The number of aromatic nitrogens is 4. The van der Waals surface area contributed by atoms with Crippen LogP contribution in [0, 0.1) is 5.82 Å². The molecule has 1 amide bonds. The van der Waals surface area contributed by atoms with Crippen LogP contribution in [0.2, 0.25) is 0 Å². The van der Waals surface area contributed by atoms with Crippen molar-refractivity contribution in [3.63, 3.8) is 0 Å². The molecule has 4 rings (SSSR count). The Bertz CT molecular complexity index is 923. The lowest BCUT2D eigenvalue weighted by atomic mass is 9.96. The Morgan fingerprint density at radius 2 is 2.03 bits per heavy atom. The highest BCUT2D eigenvalue weighted by atomic mass is 32.2. The number of thioether (sulfide) groups is 1. The molecule has 152 valence electrons. The van der Waals surface area contributed by atoms with Gasteiger partial charge in [-0.25, -0.2) is 9.07 Å². The average molecular weight is 432 g/mol. The summed E-state index contributed by atoms with van der Waals surface area (Å²) in [4.78, 5) is 13.7. The molecule has 0 aliphatic heterocycles. The third-order valence-corrected chi connectivity index (χ3v) is 6.92. The molecule has 1 saturated carbocycles. The number of hydrogen-bond donors (Lipinski definition) is 1. The third kappa shape index (κ3) is 5.02. The van der Waals surface area contributed by atoms with Crippen molar-refractivity contribution in [3.05, 3.63) is 58.0 Å². The van der Waals surface area contributed by atoms with E-state index in [-0.39, 0.29) is 23.5 Å². The van der Waals surface area contributed by atoms with Gasteiger partial charge in [0.1, 0.15) is 5.82 Å². The summed E-state index contributed by atoms with van der Waals surface area (Å²) in [5.41, 5.74) is 0.847. The van der Waals surface area contributed by atoms with Crippen molar-refractivity contribution in [2.24, 2.45) is 0 Å². The number of carbonyl (C=O) groups is 1. The van der Waals surface area contributed by atoms with Gasteiger partial charge in [0.05, 0.1) is 17.8 Å². The summed E-state index contributed by atoms with van der Waals surface area (Å²) in [6.07, 6.45) is 5.80. The standard InChI is InChI=1S/C20H22FN5OS2/c21-15-10-8-14(9-11-15)19(17-7-4-12-28-17)22-18(27)13-29-20-23-24-25-26(20)16-5-2-1-3-6-16/h4,7-12,16,19H,1-3,5-6,13H2,(H,22,27)/t19-/m0/s1. The van der Waals surface area contributed by atoms with Gasteiger partial charge >= 0.3 is 0 Å². The highest BCUT2D eigenvalue weighted by Crippen LogP contribution is 2.30. The molecule has 1 aliphatic rings. The minimum absolute atomic E-state index is 0.115. The van der Waals surface area contributed by atoms with Gasteiger partial charge in [0, 0.05) is 4.88 Å². The summed E-state index contributed by atoms with van der Waals surface area (Å²) in [5.74, 6) is -0.193. The van der Waals surface area contributed by atoms with Crippen LogP contribution < -0.4 is 5.32 Å². The van der Waals surface area contributed by atoms with Crippen molar-refractivity contribution in [2.45, 2.75) is 49.3 Å². The molecule has 1 aromatic carbocycles. The fourth-order valence-electron chi connectivity index (χ4n) is 3.60. The Labute approximate surface area is 176 Å². The molecule has 9 heteroatoms. The van der Waals surface area contributed by atoms with Crippen molar-refractivity contribution in [1.82, 2.24) is 25.5 Å². The third-order valence-electron chi connectivity index (χ3n) is 5.05. The van der Waals surface area contributed by atoms with E-state index in [4.69, 9.17) is 0 Å². The smallest absolute Gasteiger partial charge is 0.231 e. The van der Waals surface area contributed by atoms with Crippen molar-refractivity contribution in [1.29, 1.82) is 0 Å². The van der Waals surface area contributed by atoms with E-state index in [0.717, 1.165) is 23.3 Å². The first-order chi connectivity index (χ1) is 14.2. The van der Waals surface area contributed by atoms with Gasteiger partial charge in [-0.2, -0.15) is 0 Å². The van der Waals surface area contributed by atoms with Gasteiger partial charge in [-0.05, 0) is 52.4 Å². The number of nitrogens with one attached hydrogen (secondary N) is 1. The number of rotatable bonds is 7. The number of hydrogen-bond acceptors (Lipinski definition) is 6. The Kier molecular flexibility index (Phi) is 6.56. The van der Waals surface area contributed by atoms with E-state index in [0.29, 0.717) is 11.2 Å². The first-order valence-electron chi connectivity index (χ1n) is 9.69. The first kappa shape index (κ1) is 20.0. The molecule has 2 heterocycles. The number of amides is 1. The second-order valence-electron chi connectivity index (χ2n) is 7.05. The molecule has 2 aromatic heterocycles. The molecule has 1 fully saturated rings. The van der Waals surface area contributed by atoms with Gasteiger partial charge in [0.2, 0.25) is 11.1 Å². The van der Waals surface area contributed by atoms with Crippen LogP contribution in [-0.4, -0.2) is 31.9 Å². The molecule has 1 N–H and O–H groups in total. The van der Waals surface area contributed by atoms with Gasteiger partial charge in [0.25, 0.3) is 0 Å². The zero-order valence-electron chi connectivity index (χ0n) is 15.8. The fraction of sp³-hybridized carbons (Fsp3) is 0.400. The lowest BCUT2D eigenvalue weighted by Gasteiger charge is -2.22. The minimum Gasteiger partial charge on any atom is -0.344 e. The van der Waals surface area contributed by atoms with Crippen LogP contribution in [0.3, 0.4) is 0 Å². The molecule has 0 spiro atoms. The molecule has 0 bridgehead atoms. The average Bonchev–Trinajstić information content (AvgIpc) is 3.44. The van der Waals surface area contributed by atoms with Crippen molar-refractivity contribution >= 4 is 29.0 Å². The quantitative estimate of drug-likeness (QED) is 0.562. The second kappa shape index (κ2) is 9.49. The van der Waals surface area contributed by atoms with Crippen molar-refractivity contribution in [2.75, 3.05) is 5.75 Å². The summed E-state index contributed by atoms with van der Waals surface area (Å²) in [6, 6.07) is 10.2. The maximum Gasteiger partial charge on any atom is 0.231 e. The maximum atomic E-state index is 13.3. The van der Waals surface area contributed by atoms with E-state index in [1.165, 1.54) is 43.2 Å². The number of tetrazole rings is 1. The monoisotopic (exact) mass is 431 g/mol. The van der Waals surface area contributed by atoms with Gasteiger partial charge < -0.3 is 5.32 Å². The lowest BCUT2D eigenvalue weighted by molar-refractivity contribution is -0.119. The lowest BCUT2D eigenvalue weighted by Crippen LogP contribution is -2.30. The Morgan fingerprint density at radius 1 is 1.24 bits per heavy atom. The van der Waals surface area contributed by atoms with Crippen LogP contribution in [0.15, 0.2) is 46.9 Å². The molecular weight excluding hydrogens is 409 g/mol. The molecule has 29 heavy (non-hydrogen) atoms. The van der Waals surface area contributed by atoms with Crippen LogP contribution in [0.25, 0.3) is 0 Å². The van der Waals surface area contributed by atoms with Crippen LogP contribution in [0.1, 0.15) is 54.6 Å². The Balaban J connectivity index is 1.41. The maximum absolute atomic E-state index is 13.3. The number of carbonyl (C=O) groups excluding carboxylic acids is 1. The molecule has 0 radical (unpaired) electrons. The predicted octanol–water partition coefficient (Wildman–Crippen LogP) is 4.38. The number of thiophene rings is 1. The second-order valence-corrected chi connectivity index (χ2v) is 8.98. The first-order valence-corrected chi connectivity index (χ1v) is 11.6. The predicted molar refractivity (Wildman–Crippen MR) is 111 cm³/mol. The largest absolute Gasteiger partial charge is 0.344 e. The van der Waals surface area contributed by atoms with E-state index >= 15 is 0 Å². The molecule has 6 nitrogen and oxygen atoms in total. The zero-order valence-corrected chi connectivity index (χ0v) is 17.5. The van der Waals surface area contributed by atoms with Gasteiger partial charge in [-0.1, -0.05) is 49.2 Å². The van der Waals surface area contributed by atoms with Crippen molar-refractivity contribution < 1.29 is 9.18 Å². The van der Waals surface area contributed by atoms with E-state index in [1.54, 1.807) is 23.5 Å². The summed E-state index contributed by atoms with van der Waals surface area (Å²) in [7, 11) is 0. The Hall–Kier alpha value is -2.26. The highest BCUT2D eigenvalue weighted by molar-refractivity contribution is 7.99. The SMILES string of the molecule is O=C(CSc1nnnn1C1CCCCC1)N[C@@H](c1ccc(F)cc1)c1cccs1. The summed E-state index contributed by atoms with van der Waals surface area (Å²) in [6.45, 7) is 0. The molecule has 0 unspecified atom stereocenters. The normalized spacial score (nSPS) is 15.9. The molecule has 1 aliphatic carbocycles. The van der Waals surface area contributed by atoms with Crippen LogP contribution in [0.5, 0.6) is 0 Å². The van der Waals surface area contributed by atoms with Crippen LogP contribution in [0.4, 0.5) is 4.39 Å². The van der Waals surface area contributed by atoms with E-state index in [2.05, 4.69) is 20.8 Å². The van der Waals surface area contributed by atoms with Crippen LogP contribution in [-0.2, 0) is 4.79 Å². The van der Waals surface area contributed by atoms with E-state index < -0.39 is 0 Å². The molecule has 0 saturated heterocycles. The minimum atomic E-state index is -0.307. The van der Waals surface area contributed by atoms with Gasteiger partial charge in [-0.15, -0.1) is 16.4 Å². The number of benzene rings is 1. The topological polar surface area (TPSA) is 72.7 Å². The van der Waals surface area contributed by atoms with E-state index in [1.807, 2.05) is 22.2 Å².